The Morgan fingerprint density at radius 3 is 2.73 bits per heavy atom. The van der Waals surface area contributed by atoms with Crippen molar-refractivity contribution in [1.82, 2.24) is 20.0 Å². The maximum absolute atomic E-state index is 12.3. The van der Waals surface area contributed by atoms with Crippen molar-refractivity contribution in [1.29, 1.82) is 0 Å². The number of primary amides is 1. The van der Waals surface area contributed by atoms with Crippen molar-refractivity contribution in [3.8, 4) is 0 Å². The van der Waals surface area contributed by atoms with Gasteiger partial charge in [0.15, 0.2) is 10.8 Å². The third-order valence-electron chi connectivity index (χ3n) is 3.34. The highest BCUT2D eigenvalue weighted by atomic mass is 35.5. The summed E-state index contributed by atoms with van der Waals surface area (Å²) in [7, 11) is 0. The normalized spacial score (nSPS) is 10.7. The quantitative estimate of drug-likeness (QED) is 0.670. The zero-order valence-corrected chi connectivity index (χ0v) is 15.7. The molecule has 0 aliphatic carbocycles. The van der Waals surface area contributed by atoms with E-state index in [9.17, 15) is 9.59 Å². The monoisotopic (exact) mass is 410 g/mol. The lowest BCUT2D eigenvalue weighted by Gasteiger charge is -2.02. The summed E-state index contributed by atoms with van der Waals surface area (Å²) in [5.41, 5.74) is 6.67. The second-order valence-corrected chi connectivity index (χ2v) is 7.12. The Morgan fingerprint density at radius 2 is 2.08 bits per heavy atom. The van der Waals surface area contributed by atoms with E-state index in [0.717, 1.165) is 16.9 Å². The molecule has 0 unspecified atom stereocenters. The summed E-state index contributed by atoms with van der Waals surface area (Å²) in [5.74, 6) is -1.08. The average molecular weight is 411 g/mol. The number of rotatable bonds is 5. The van der Waals surface area contributed by atoms with E-state index in [4.69, 9.17) is 28.9 Å². The molecular formula is C15H12Cl2N6O2S. The van der Waals surface area contributed by atoms with Gasteiger partial charge in [0.2, 0.25) is 0 Å². The van der Waals surface area contributed by atoms with Crippen LogP contribution in [0.1, 0.15) is 31.4 Å². The van der Waals surface area contributed by atoms with Gasteiger partial charge < -0.3 is 5.73 Å². The van der Waals surface area contributed by atoms with Crippen molar-refractivity contribution in [3.05, 3.63) is 56.3 Å². The number of carbonyl (C=O) groups excluding carboxylic acids is 2. The van der Waals surface area contributed by atoms with Gasteiger partial charge in [-0.3, -0.25) is 14.9 Å². The minimum Gasteiger partial charge on any atom is -0.365 e. The number of nitrogens with one attached hydrogen (secondary N) is 1. The van der Waals surface area contributed by atoms with E-state index < -0.39 is 11.8 Å². The van der Waals surface area contributed by atoms with E-state index in [-0.39, 0.29) is 10.8 Å². The third kappa shape index (κ3) is 4.01. The zero-order valence-electron chi connectivity index (χ0n) is 13.4. The van der Waals surface area contributed by atoms with Crippen LogP contribution in [0.4, 0.5) is 5.13 Å². The van der Waals surface area contributed by atoms with Gasteiger partial charge in [0.1, 0.15) is 4.88 Å². The predicted octanol–water partition coefficient (Wildman–Crippen LogP) is 2.75. The third-order valence-corrected chi connectivity index (χ3v) is 5.17. The molecule has 0 aliphatic rings. The minimum absolute atomic E-state index is 0.110. The number of aryl methyl sites for hydroxylation is 1. The van der Waals surface area contributed by atoms with E-state index in [1.54, 1.807) is 25.1 Å². The molecule has 0 radical (unpaired) electrons. The van der Waals surface area contributed by atoms with Crippen LogP contribution in [0.5, 0.6) is 0 Å². The Balaban J connectivity index is 1.70. The molecule has 1 aromatic carbocycles. The molecule has 0 fully saturated rings. The fraction of sp³-hybridized carbons (Fsp3) is 0.133. The summed E-state index contributed by atoms with van der Waals surface area (Å²) >= 11 is 12.9. The number of hydrogen-bond acceptors (Lipinski definition) is 6. The molecule has 3 rings (SSSR count). The van der Waals surface area contributed by atoms with Gasteiger partial charge in [-0.15, -0.1) is 5.10 Å². The summed E-state index contributed by atoms with van der Waals surface area (Å²) < 4.78 is 1.50. The fourth-order valence-corrected chi connectivity index (χ4v) is 3.28. The molecule has 3 aromatic rings. The molecule has 26 heavy (non-hydrogen) atoms. The van der Waals surface area contributed by atoms with E-state index in [1.807, 2.05) is 0 Å². The number of nitrogens with zero attached hydrogens (tertiary/aromatic N) is 4. The van der Waals surface area contributed by atoms with Gasteiger partial charge in [0.05, 0.1) is 28.5 Å². The van der Waals surface area contributed by atoms with Gasteiger partial charge in [-0.05, 0) is 24.6 Å². The lowest BCUT2D eigenvalue weighted by molar-refractivity contribution is 0.0999. The van der Waals surface area contributed by atoms with Crippen LogP contribution < -0.4 is 11.1 Å². The molecule has 3 N–H and O–H groups in total. The van der Waals surface area contributed by atoms with Gasteiger partial charge in [-0.2, -0.15) is 0 Å². The van der Waals surface area contributed by atoms with Crippen LogP contribution in [0.25, 0.3) is 0 Å². The smallest absolute Gasteiger partial charge is 0.279 e. The van der Waals surface area contributed by atoms with Gasteiger partial charge >= 0.3 is 0 Å². The van der Waals surface area contributed by atoms with Crippen LogP contribution in [0.15, 0.2) is 24.4 Å². The van der Waals surface area contributed by atoms with E-state index in [1.165, 1.54) is 10.9 Å². The number of thiazole rings is 1. The second-order valence-electron chi connectivity index (χ2n) is 5.30. The van der Waals surface area contributed by atoms with Gasteiger partial charge in [-0.1, -0.05) is 45.8 Å². The Morgan fingerprint density at radius 1 is 1.31 bits per heavy atom. The topological polar surface area (TPSA) is 116 Å². The number of anilines is 1. The lowest BCUT2D eigenvalue weighted by Crippen LogP contribution is -2.12. The molecule has 8 nitrogen and oxygen atoms in total. The highest BCUT2D eigenvalue weighted by Crippen LogP contribution is 2.23. The number of aromatic nitrogens is 4. The first-order valence-corrected chi connectivity index (χ1v) is 8.83. The van der Waals surface area contributed by atoms with Crippen LogP contribution in [0.3, 0.4) is 0 Å². The van der Waals surface area contributed by atoms with Crippen LogP contribution in [0.2, 0.25) is 10.0 Å². The second kappa shape index (κ2) is 7.40. The largest absolute Gasteiger partial charge is 0.365 e. The Hall–Kier alpha value is -2.49. The first-order valence-electron chi connectivity index (χ1n) is 7.26. The van der Waals surface area contributed by atoms with Gasteiger partial charge in [0, 0.05) is 0 Å². The standard InChI is InChI=1S/C15H12Cl2N6O2S/c1-7-12(13(18)24)26-15(19-7)20-14(25)11-6-23(22-21-11)5-8-2-3-9(16)10(17)4-8/h2-4,6H,5H2,1H3,(H2,18,24)(H,19,20,25). The van der Waals surface area contributed by atoms with Crippen LogP contribution >= 0.6 is 34.5 Å². The SMILES string of the molecule is Cc1nc(NC(=O)c2cn(Cc3ccc(Cl)c(Cl)c3)nn2)sc1C(N)=O. The summed E-state index contributed by atoms with van der Waals surface area (Å²) in [6.45, 7) is 2.01. The number of benzene rings is 1. The molecule has 2 amide bonds. The van der Waals surface area contributed by atoms with E-state index >= 15 is 0 Å². The molecule has 2 aromatic heterocycles. The van der Waals surface area contributed by atoms with Gasteiger partial charge in [-0.25, -0.2) is 9.67 Å². The summed E-state index contributed by atoms with van der Waals surface area (Å²) in [6, 6.07) is 5.21. The van der Waals surface area contributed by atoms with Crippen molar-refractivity contribution >= 4 is 51.5 Å². The van der Waals surface area contributed by atoms with Crippen LogP contribution in [-0.2, 0) is 6.54 Å². The fourth-order valence-electron chi connectivity index (χ4n) is 2.14. The zero-order chi connectivity index (χ0) is 18.8. The minimum atomic E-state index is -0.590. The molecule has 0 saturated carbocycles. The maximum atomic E-state index is 12.3. The van der Waals surface area contributed by atoms with E-state index in [2.05, 4.69) is 20.6 Å². The number of nitrogens with two attached hydrogens (primary N) is 1. The molecule has 0 saturated heterocycles. The molecule has 11 heteroatoms. The molecule has 0 bridgehead atoms. The van der Waals surface area contributed by atoms with E-state index in [0.29, 0.717) is 27.2 Å². The highest BCUT2D eigenvalue weighted by molar-refractivity contribution is 7.17. The van der Waals surface area contributed by atoms with Crippen molar-refractivity contribution in [2.45, 2.75) is 13.5 Å². The maximum Gasteiger partial charge on any atom is 0.279 e. The Labute approximate surface area is 161 Å². The Kier molecular flexibility index (Phi) is 5.21. The van der Waals surface area contributed by atoms with Crippen LogP contribution in [-0.4, -0.2) is 31.8 Å². The average Bonchev–Trinajstić information content (AvgIpc) is 3.18. The van der Waals surface area contributed by atoms with Crippen molar-refractivity contribution in [2.24, 2.45) is 5.73 Å². The first-order chi connectivity index (χ1) is 12.3. The Bertz CT molecular complexity index is 1000. The number of amides is 2. The van der Waals surface area contributed by atoms with Crippen molar-refractivity contribution < 1.29 is 9.59 Å². The van der Waals surface area contributed by atoms with Crippen LogP contribution in [0, 0.1) is 6.92 Å². The molecule has 134 valence electrons. The summed E-state index contributed by atoms with van der Waals surface area (Å²) in [6.07, 6.45) is 1.49. The molecular weight excluding hydrogens is 399 g/mol. The first kappa shape index (κ1) is 18.3. The molecule has 0 aliphatic heterocycles. The number of carbonyl (C=O) groups is 2. The summed E-state index contributed by atoms with van der Waals surface area (Å²) in [5, 5.41) is 11.5. The van der Waals surface area contributed by atoms with Gasteiger partial charge in [0.25, 0.3) is 11.8 Å². The summed E-state index contributed by atoms with van der Waals surface area (Å²) in [4.78, 5) is 27.9. The molecule has 0 atom stereocenters. The van der Waals surface area contributed by atoms with Crippen molar-refractivity contribution in [2.75, 3.05) is 5.32 Å². The predicted molar refractivity (Wildman–Crippen MR) is 98.9 cm³/mol. The number of halogens is 2. The molecule has 0 spiro atoms. The lowest BCUT2D eigenvalue weighted by atomic mass is 10.2. The molecule has 2 heterocycles. The van der Waals surface area contributed by atoms with Crippen molar-refractivity contribution in [3.63, 3.8) is 0 Å². The highest BCUT2D eigenvalue weighted by Gasteiger charge is 2.17. The number of hydrogen-bond donors (Lipinski definition) is 2.